The predicted molar refractivity (Wildman–Crippen MR) is 78.8 cm³/mol. The van der Waals surface area contributed by atoms with E-state index in [0.29, 0.717) is 17.1 Å². The van der Waals surface area contributed by atoms with E-state index in [0.717, 1.165) is 5.56 Å². The van der Waals surface area contributed by atoms with Crippen LogP contribution in [0.2, 0.25) is 0 Å². The predicted octanol–water partition coefficient (Wildman–Crippen LogP) is 3.26. The lowest BCUT2D eigenvalue weighted by Crippen LogP contribution is -1.98. The van der Waals surface area contributed by atoms with Crippen LogP contribution in [-0.2, 0) is 0 Å². The highest BCUT2D eigenvalue weighted by Crippen LogP contribution is 2.23. The minimum Gasteiger partial charge on any atom is -0.491 e. The number of nitrogens with zero attached hydrogens (tertiary/aromatic N) is 3. The first-order valence-electron chi connectivity index (χ1n) is 6.60. The Kier molecular flexibility index (Phi) is 3.69. The van der Waals surface area contributed by atoms with Crippen LogP contribution in [0.3, 0.4) is 0 Å². The molecule has 0 saturated heterocycles. The Morgan fingerprint density at radius 2 is 1.95 bits per heavy atom. The maximum Gasteiger partial charge on any atom is 0.286 e. The SMILES string of the molecule is O=[N+]([O-])c1ccc2nc(-c3ccc(OCCF)cc3)cn2c1. The van der Waals surface area contributed by atoms with Gasteiger partial charge in [-0.3, -0.25) is 14.5 Å². The van der Waals surface area contributed by atoms with Crippen molar-refractivity contribution in [1.29, 1.82) is 0 Å². The van der Waals surface area contributed by atoms with Gasteiger partial charge in [-0.15, -0.1) is 0 Å². The highest BCUT2D eigenvalue weighted by Gasteiger charge is 2.09. The molecule has 3 aromatic rings. The monoisotopic (exact) mass is 301 g/mol. The van der Waals surface area contributed by atoms with Crippen LogP contribution in [0.5, 0.6) is 5.75 Å². The summed E-state index contributed by atoms with van der Waals surface area (Å²) in [6.45, 7) is -0.510. The van der Waals surface area contributed by atoms with Gasteiger partial charge in [0.1, 0.15) is 24.7 Å². The minimum absolute atomic E-state index is 0.00594. The Hall–Kier alpha value is -2.96. The van der Waals surface area contributed by atoms with Gasteiger partial charge in [-0.2, -0.15) is 0 Å². The number of aromatic nitrogens is 2. The lowest BCUT2D eigenvalue weighted by molar-refractivity contribution is -0.385. The summed E-state index contributed by atoms with van der Waals surface area (Å²) in [5, 5.41) is 10.8. The second-order valence-electron chi connectivity index (χ2n) is 4.60. The van der Waals surface area contributed by atoms with Crippen LogP contribution in [0.1, 0.15) is 0 Å². The zero-order valence-electron chi connectivity index (χ0n) is 11.5. The van der Waals surface area contributed by atoms with Crippen molar-refractivity contribution in [3.63, 3.8) is 0 Å². The van der Waals surface area contributed by atoms with Gasteiger partial charge in [0.05, 0.1) is 16.8 Å². The summed E-state index contributed by atoms with van der Waals surface area (Å²) in [6, 6.07) is 10.1. The van der Waals surface area contributed by atoms with Gasteiger partial charge >= 0.3 is 0 Å². The van der Waals surface area contributed by atoms with Crippen LogP contribution < -0.4 is 4.74 Å². The van der Waals surface area contributed by atoms with Crippen molar-refractivity contribution < 1.29 is 14.1 Å². The summed E-state index contributed by atoms with van der Waals surface area (Å²) in [5.41, 5.74) is 2.17. The molecule has 0 bridgehead atoms. The minimum atomic E-state index is -0.535. The molecule has 0 fully saturated rings. The summed E-state index contributed by atoms with van der Waals surface area (Å²) >= 11 is 0. The number of benzene rings is 1. The molecule has 0 spiro atoms. The van der Waals surface area contributed by atoms with Crippen LogP contribution in [0.15, 0.2) is 48.8 Å². The summed E-state index contributed by atoms with van der Waals surface area (Å²) in [4.78, 5) is 14.7. The van der Waals surface area contributed by atoms with Crippen molar-refractivity contribution in [2.45, 2.75) is 0 Å². The molecule has 0 aliphatic heterocycles. The molecule has 2 aromatic heterocycles. The molecule has 22 heavy (non-hydrogen) atoms. The summed E-state index contributed by atoms with van der Waals surface area (Å²) in [5.74, 6) is 0.584. The van der Waals surface area contributed by atoms with Crippen LogP contribution in [0, 0.1) is 10.1 Å². The zero-order chi connectivity index (χ0) is 15.5. The summed E-state index contributed by atoms with van der Waals surface area (Å²) < 4.78 is 18.8. The molecule has 0 saturated carbocycles. The van der Waals surface area contributed by atoms with E-state index in [2.05, 4.69) is 4.98 Å². The fraction of sp³-hybridized carbons (Fsp3) is 0.133. The number of halogens is 1. The largest absolute Gasteiger partial charge is 0.491 e. The van der Waals surface area contributed by atoms with Gasteiger partial charge in [-0.1, -0.05) is 0 Å². The molecule has 0 amide bonds. The Morgan fingerprint density at radius 3 is 2.64 bits per heavy atom. The van der Waals surface area contributed by atoms with E-state index in [1.54, 1.807) is 28.8 Å². The molecular weight excluding hydrogens is 289 g/mol. The summed E-state index contributed by atoms with van der Waals surface area (Å²) in [7, 11) is 0. The normalized spacial score (nSPS) is 10.8. The van der Waals surface area contributed by atoms with Gasteiger partial charge in [0.2, 0.25) is 0 Å². The third-order valence-electron chi connectivity index (χ3n) is 3.14. The molecule has 0 radical (unpaired) electrons. The molecule has 112 valence electrons. The molecule has 0 aliphatic rings. The van der Waals surface area contributed by atoms with Crippen LogP contribution in [-0.4, -0.2) is 27.6 Å². The topological polar surface area (TPSA) is 69.7 Å². The Morgan fingerprint density at radius 1 is 1.18 bits per heavy atom. The Bertz CT molecular complexity index is 815. The van der Waals surface area contributed by atoms with Gasteiger partial charge in [0, 0.05) is 17.8 Å². The zero-order valence-corrected chi connectivity index (χ0v) is 11.5. The van der Waals surface area contributed by atoms with E-state index < -0.39 is 11.6 Å². The van der Waals surface area contributed by atoms with Crippen molar-refractivity contribution >= 4 is 11.3 Å². The number of alkyl halides is 1. The highest BCUT2D eigenvalue weighted by atomic mass is 19.1. The first-order valence-corrected chi connectivity index (χ1v) is 6.60. The number of ether oxygens (including phenoxy) is 1. The number of hydrogen-bond acceptors (Lipinski definition) is 4. The number of pyridine rings is 1. The Balaban J connectivity index is 1.91. The van der Waals surface area contributed by atoms with Gasteiger partial charge in [-0.25, -0.2) is 9.37 Å². The standard InChI is InChI=1S/C15H12FN3O3/c16-7-8-22-13-4-1-11(2-5-13)14-10-18-9-12(19(20)21)3-6-15(18)17-14/h1-6,9-10H,7-8H2. The van der Waals surface area contributed by atoms with E-state index >= 15 is 0 Å². The van der Waals surface area contributed by atoms with Gasteiger partial charge < -0.3 is 4.74 Å². The number of fused-ring (bicyclic) bond motifs is 1. The molecule has 6 nitrogen and oxygen atoms in total. The number of nitro groups is 1. The van der Waals surface area contributed by atoms with Crippen molar-refractivity contribution in [3.05, 3.63) is 58.9 Å². The van der Waals surface area contributed by atoms with Crippen LogP contribution in [0.4, 0.5) is 10.1 Å². The lowest BCUT2D eigenvalue weighted by atomic mass is 10.2. The first kappa shape index (κ1) is 14.0. The van der Waals surface area contributed by atoms with Crippen LogP contribution >= 0.6 is 0 Å². The molecule has 0 unspecified atom stereocenters. The second kappa shape index (κ2) is 5.80. The molecule has 0 N–H and O–H groups in total. The quantitative estimate of drug-likeness (QED) is 0.536. The molecule has 2 heterocycles. The van der Waals surface area contributed by atoms with Crippen LogP contribution in [0.25, 0.3) is 16.9 Å². The van der Waals surface area contributed by atoms with Gasteiger partial charge in [-0.05, 0) is 30.3 Å². The average Bonchev–Trinajstić information content (AvgIpc) is 2.96. The molecule has 3 rings (SSSR count). The first-order chi connectivity index (χ1) is 10.7. The lowest BCUT2D eigenvalue weighted by Gasteiger charge is -2.03. The van der Waals surface area contributed by atoms with Gasteiger partial charge in [0.25, 0.3) is 5.69 Å². The van der Waals surface area contributed by atoms with Crippen molar-refractivity contribution in [3.8, 4) is 17.0 Å². The third kappa shape index (κ3) is 2.73. The second-order valence-corrected chi connectivity index (χ2v) is 4.60. The Labute approximate surface area is 124 Å². The highest BCUT2D eigenvalue weighted by molar-refractivity contribution is 5.63. The number of rotatable bonds is 5. The fourth-order valence-electron chi connectivity index (χ4n) is 2.11. The van der Waals surface area contributed by atoms with E-state index in [1.807, 2.05) is 12.1 Å². The van der Waals surface area contributed by atoms with Crippen molar-refractivity contribution in [2.75, 3.05) is 13.3 Å². The molecule has 1 aromatic carbocycles. The van der Waals surface area contributed by atoms with Crippen molar-refractivity contribution in [2.24, 2.45) is 0 Å². The maximum atomic E-state index is 12.0. The average molecular weight is 301 g/mol. The third-order valence-corrected chi connectivity index (χ3v) is 3.14. The molecular formula is C15H12FN3O3. The molecule has 7 heteroatoms. The number of hydrogen-bond donors (Lipinski definition) is 0. The maximum absolute atomic E-state index is 12.0. The van der Waals surface area contributed by atoms with Gasteiger partial charge in [0.15, 0.2) is 0 Å². The van der Waals surface area contributed by atoms with E-state index in [1.165, 1.54) is 12.3 Å². The van der Waals surface area contributed by atoms with E-state index in [4.69, 9.17) is 4.74 Å². The molecule has 0 aliphatic carbocycles. The van der Waals surface area contributed by atoms with Crippen molar-refractivity contribution in [1.82, 2.24) is 9.38 Å². The fourth-order valence-corrected chi connectivity index (χ4v) is 2.11. The van der Waals surface area contributed by atoms with E-state index in [-0.39, 0.29) is 12.3 Å². The smallest absolute Gasteiger partial charge is 0.286 e. The van der Waals surface area contributed by atoms with E-state index in [9.17, 15) is 14.5 Å². The number of imidazole rings is 1. The summed E-state index contributed by atoms with van der Waals surface area (Å²) in [6.07, 6.45) is 3.14. The molecule has 0 atom stereocenters.